The third-order valence-electron chi connectivity index (χ3n) is 6.97. The molecule has 12 heteroatoms. The van der Waals surface area contributed by atoms with Gasteiger partial charge in [0.1, 0.15) is 0 Å². The molecule has 2 rings (SSSR count). The molecule has 0 N–H and O–H groups in total. The summed E-state index contributed by atoms with van der Waals surface area (Å²) in [4.78, 5) is 27.4. The van der Waals surface area contributed by atoms with Gasteiger partial charge in [0.05, 0.1) is 16.8 Å². The molecule has 1 aromatic rings. The van der Waals surface area contributed by atoms with E-state index in [0.717, 1.165) is 51.4 Å². The summed E-state index contributed by atoms with van der Waals surface area (Å²) in [5, 5.41) is 0. The summed E-state index contributed by atoms with van der Waals surface area (Å²) in [6, 6.07) is 6.64. The zero-order valence-electron chi connectivity index (χ0n) is 28.1. The highest BCUT2D eigenvalue weighted by Crippen LogP contribution is 2.32. The van der Waals surface area contributed by atoms with Crippen molar-refractivity contribution >= 4 is 35.2 Å². The van der Waals surface area contributed by atoms with Gasteiger partial charge >= 0.3 is 29.5 Å². The molecule has 1 aliphatic rings. The molecule has 0 amide bonds. The Morgan fingerprint density at radius 3 is 1.34 bits per heavy atom. The SMILES string of the molecule is CCCO[Si](CCCN(CCC[Si](OCCC)(OCCC)OCCC)c1cccc2c1C(=O)OC2=O)(OCCC)OCCC. The number of nitrogens with zero attached hydrogens (tertiary/aromatic N) is 1. The lowest BCUT2D eigenvalue weighted by molar-refractivity contribution is 0.0442. The number of esters is 2. The smallest absolute Gasteiger partial charge is 0.386 e. The second-order valence-electron chi connectivity index (χ2n) is 11.0. The Labute approximate surface area is 267 Å². The molecule has 0 aromatic heterocycles. The zero-order chi connectivity index (χ0) is 32.3. The van der Waals surface area contributed by atoms with Crippen LogP contribution in [0, 0.1) is 0 Å². The van der Waals surface area contributed by atoms with Crippen molar-refractivity contribution in [2.24, 2.45) is 0 Å². The van der Waals surface area contributed by atoms with Crippen LogP contribution in [0.5, 0.6) is 0 Å². The van der Waals surface area contributed by atoms with E-state index in [9.17, 15) is 9.59 Å². The number of anilines is 1. The Morgan fingerprint density at radius 1 is 0.591 bits per heavy atom. The van der Waals surface area contributed by atoms with Gasteiger partial charge in [-0.2, -0.15) is 0 Å². The lowest BCUT2D eigenvalue weighted by atomic mass is 10.1. The number of fused-ring (bicyclic) bond motifs is 1. The Balaban J connectivity index is 2.32. The van der Waals surface area contributed by atoms with Crippen LogP contribution in [0.2, 0.25) is 12.1 Å². The average molecular weight is 656 g/mol. The third-order valence-corrected chi connectivity index (χ3v) is 12.8. The predicted octanol–water partition coefficient (Wildman–Crippen LogP) is 7.02. The minimum Gasteiger partial charge on any atom is -0.386 e. The fraction of sp³-hybridized carbons (Fsp3) is 0.750. The van der Waals surface area contributed by atoms with Gasteiger partial charge in [0, 0.05) is 64.8 Å². The van der Waals surface area contributed by atoms with E-state index in [0.29, 0.717) is 81.6 Å². The monoisotopic (exact) mass is 655 g/mol. The molecule has 0 fully saturated rings. The molecule has 1 aromatic carbocycles. The van der Waals surface area contributed by atoms with Crippen LogP contribution in [0.1, 0.15) is 114 Å². The molecule has 0 radical (unpaired) electrons. The van der Waals surface area contributed by atoms with Crippen molar-refractivity contribution in [2.45, 2.75) is 105 Å². The van der Waals surface area contributed by atoms with Crippen LogP contribution < -0.4 is 4.90 Å². The van der Waals surface area contributed by atoms with Crippen LogP contribution in [-0.4, -0.2) is 82.3 Å². The summed E-state index contributed by atoms with van der Waals surface area (Å²) in [6.07, 6.45) is 6.73. The van der Waals surface area contributed by atoms with Crippen molar-refractivity contribution in [1.82, 2.24) is 0 Å². The van der Waals surface area contributed by atoms with Crippen molar-refractivity contribution in [3.8, 4) is 0 Å². The third kappa shape index (κ3) is 11.9. The standard InChI is InChI=1S/C32H57NO9Si2/c1-7-20-36-43(37-21-8-2,38-22-9-3)26-14-18-33(29-17-13-16-28-30(29)32(35)42-31(28)34)19-15-27-44(39-23-10-4,40-24-11-5)41-25-12-6/h13,16-17H,7-12,14-15,18-27H2,1-6H3. The molecule has 0 spiro atoms. The summed E-state index contributed by atoms with van der Waals surface area (Å²) < 4.78 is 43.0. The van der Waals surface area contributed by atoms with Crippen LogP contribution in [-0.2, 0) is 31.3 Å². The van der Waals surface area contributed by atoms with E-state index in [1.807, 2.05) is 6.07 Å². The fourth-order valence-corrected chi connectivity index (χ4v) is 10.6. The van der Waals surface area contributed by atoms with E-state index in [4.69, 9.17) is 31.3 Å². The van der Waals surface area contributed by atoms with Gasteiger partial charge < -0.3 is 36.2 Å². The number of hydrogen-bond acceptors (Lipinski definition) is 10. The molecule has 0 saturated carbocycles. The first-order chi connectivity index (χ1) is 21.3. The Kier molecular flexibility index (Phi) is 18.6. The predicted molar refractivity (Wildman–Crippen MR) is 176 cm³/mol. The second kappa shape index (κ2) is 21.2. The minimum atomic E-state index is -2.90. The summed E-state index contributed by atoms with van der Waals surface area (Å²) in [7, 11) is -5.81. The van der Waals surface area contributed by atoms with Gasteiger partial charge in [0.2, 0.25) is 0 Å². The van der Waals surface area contributed by atoms with Crippen LogP contribution in [0.25, 0.3) is 0 Å². The number of hydrogen-bond donors (Lipinski definition) is 0. The van der Waals surface area contributed by atoms with Gasteiger partial charge in [0.25, 0.3) is 0 Å². The maximum atomic E-state index is 12.8. The molecule has 0 bridgehead atoms. The minimum absolute atomic E-state index is 0.303. The van der Waals surface area contributed by atoms with E-state index in [1.165, 1.54) is 0 Å². The lowest BCUT2D eigenvalue weighted by Crippen LogP contribution is -2.47. The van der Waals surface area contributed by atoms with E-state index in [1.54, 1.807) is 12.1 Å². The normalized spacial score (nSPS) is 13.4. The molecule has 0 saturated heterocycles. The molecule has 0 unspecified atom stereocenters. The summed E-state index contributed by atoms with van der Waals surface area (Å²) in [6.45, 7) is 17.2. The van der Waals surface area contributed by atoms with Gasteiger partial charge in [0.15, 0.2) is 0 Å². The molecule has 10 nitrogen and oxygen atoms in total. The molecule has 252 valence electrons. The molecular formula is C32H57NO9Si2. The van der Waals surface area contributed by atoms with Gasteiger partial charge in [-0.15, -0.1) is 0 Å². The molecule has 44 heavy (non-hydrogen) atoms. The number of cyclic esters (lactones) is 2. The number of ether oxygens (including phenoxy) is 1. The fourth-order valence-electron chi connectivity index (χ4n) is 4.93. The first-order valence-corrected chi connectivity index (χ1v) is 20.7. The Hall–Kier alpha value is -1.65. The topological polar surface area (TPSA) is 102 Å². The van der Waals surface area contributed by atoms with Gasteiger partial charge in [-0.3, -0.25) is 0 Å². The van der Waals surface area contributed by atoms with Crippen LogP contribution in [0.4, 0.5) is 5.69 Å². The molecule has 0 aliphatic carbocycles. The highest BCUT2D eigenvalue weighted by molar-refractivity contribution is 6.61. The van der Waals surface area contributed by atoms with Crippen LogP contribution in [0.15, 0.2) is 18.2 Å². The average Bonchev–Trinajstić information content (AvgIpc) is 3.34. The van der Waals surface area contributed by atoms with Crippen molar-refractivity contribution in [3.05, 3.63) is 29.3 Å². The molecule has 0 atom stereocenters. The van der Waals surface area contributed by atoms with Gasteiger partial charge in [-0.05, 0) is 63.5 Å². The van der Waals surface area contributed by atoms with E-state index < -0.39 is 29.5 Å². The van der Waals surface area contributed by atoms with E-state index in [-0.39, 0.29) is 0 Å². The maximum Gasteiger partial charge on any atom is 0.501 e. The summed E-state index contributed by atoms with van der Waals surface area (Å²) in [5.41, 5.74) is 1.32. The Morgan fingerprint density at radius 2 is 0.977 bits per heavy atom. The zero-order valence-corrected chi connectivity index (χ0v) is 30.1. The van der Waals surface area contributed by atoms with E-state index in [2.05, 4.69) is 46.4 Å². The van der Waals surface area contributed by atoms with E-state index >= 15 is 0 Å². The Bertz CT molecular complexity index is 899. The number of carbonyl (C=O) groups excluding carboxylic acids is 2. The first-order valence-electron chi connectivity index (χ1n) is 16.8. The lowest BCUT2D eigenvalue weighted by Gasteiger charge is -2.33. The molecular weight excluding hydrogens is 599 g/mol. The van der Waals surface area contributed by atoms with Crippen LogP contribution in [0.3, 0.4) is 0 Å². The van der Waals surface area contributed by atoms with Crippen molar-refractivity contribution in [3.63, 3.8) is 0 Å². The number of rotatable bonds is 27. The highest BCUT2D eigenvalue weighted by atomic mass is 28.4. The molecule has 1 aliphatic heterocycles. The quantitative estimate of drug-likeness (QED) is 0.0558. The van der Waals surface area contributed by atoms with Gasteiger partial charge in [-0.1, -0.05) is 47.6 Å². The largest absolute Gasteiger partial charge is 0.501 e. The number of carbonyl (C=O) groups is 2. The maximum absolute atomic E-state index is 12.8. The molecule has 1 heterocycles. The first kappa shape index (κ1) is 38.5. The second-order valence-corrected chi connectivity index (χ2v) is 16.5. The number of benzene rings is 1. The van der Waals surface area contributed by atoms with Crippen LogP contribution >= 0.6 is 0 Å². The van der Waals surface area contributed by atoms with Gasteiger partial charge in [-0.25, -0.2) is 9.59 Å². The van der Waals surface area contributed by atoms with Crippen molar-refractivity contribution < 1.29 is 40.9 Å². The summed E-state index contributed by atoms with van der Waals surface area (Å²) in [5.74, 6) is -1.21. The highest BCUT2D eigenvalue weighted by Gasteiger charge is 2.42. The van der Waals surface area contributed by atoms with Crippen molar-refractivity contribution in [2.75, 3.05) is 57.6 Å². The van der Waals surface area contributed by atoms with Crippen molar-refractivity contribution in [1.29, 1.82) is 0 Å². The summed E-state index contributed by atoms with van der Waals surface area (Å²) >= 11 is 0.